The summed E-state index contributed by atoms with van der Waals surface area (Å²) in [4.78, 5) is 43.7. The van der Waals surface area contributed by atoms with E-state index >= 15 is 0 Å². The third-order valence-electron chi connectivity index (χ3n) is 5.28. The highest BCUT2D eigenvalue weighted by Gasteiger charge is 2.37. The molecule has 1 heterocycles. The quantitative estimate of drug-likeness (QED) is 0.450. The van der Waals surface area contributed by atoms with E-state index in [0.29, 0.717) is 41.7 Å². The van der Waals surface area contributed by atoms with Crippen LogP contribution in [0, 0.1) is 5.41 Å². The summed E-state index contributed by atoms with van der Waals surface area (Å²) >= 11 is 0. The molecule has 1 aromatic rings. The molecule has 1 fully saturated rings. The molecule has 0 bridgehead atoms. The molecule has 0 unspecified atom stereocenters. The highest BCUT2D eigenvalue weighted by atomic mass is 16.3. The maximum atomic E-state index is 12.8. The van der Waals surface area contributed by atoms with E-state index in [4.69, 9.17) is 4.99 Å². The van der Waals surface area contributed by atoms with E-state index in [9.17, 15) is 19.5 Å². The van der Waals surface area contributed by atoms with Crippen LogP contribution in [0.2, 0.25) is 0 Å². The minimum absolute atomic E-state index is 0.00453. The van der Waals surface area contributed by atoms with Crippen molar-refractivity contribution in [2.75, 3.05) is 6.54 Å². The largest absolute Gasteiger partial charge is 0.511 e. The first-order valence-corrected chi connectivity index (χ1v) is 10.4. The summed E-state index contributed by atoms with van der Waals surface area (Å²) in [7, 11) is 0. The minimum Gasteiger partial charge on any atom is -0.511 e. The molecule has 0 saturated heterocycles. The van der Waals surface area contributed by atoms with Crippen LogP contribution in [0.5, 0.6) is 0 Å². The Bertz CT molecular complexity index is 929. The molecule has 160 valence electrons. The fourth-order valence-corrected chi connectivity index (χ4v) is 4.09. The van der Waals surface area contributed by atoms with Crippen LogP contribution in [0.3, 0.4) is 0 Å². The van der Waals surface area contributed by atoms with E-state index in [1.165, 1.54) is 4.90 Å². The smallest absolute Gasteiger partial charge is 0.261 e. The van der Waals surface area contributed by atoms with Gasteiger partial charge in [-0.3, -0.25) is 24.3 Å². The van der Waals surface area contributed by atoms with Gasteiger partial charge >= 0.3 is 0 Å². The summed E-state index contributed by atoms with van der Waals surface area (Å²) in [5.41, 5.74) is 1.21. The summed E-state index contributed by atoms with van der Waals surface area (Å²) in [6.45, 7) is 10.1. The zero-order valence-electron chi connectivity index (χ0n) is 18.4. The Kier molecular flexibility index (Phi) is 5.72. The zero-order chi connectivity index (χ0) is 22.3. The van der Waals surface area contributed by atoms with Gasteiger partial charge in [-0.1, -0.05) is 26.0 Å². The molecule has 1 aliphatic heterocycles. The van der Waals surface area contributed by atoms with Crippen LogP contribution in [0.25, 0.3) is 0 Å². The Balaban J connectivity index is 1.76. The SMILES string of the molecule is CC1(C)CC(=O)C(=C(O)CCCN2C(=O)c3ccccc3C2=O)C(=NC(C)(C)C)C1. The van der Waals surface area contributed by atoms with Crippen molar-refractivity contribution in [3.63, 3.8) is 0 Å². The standard InChI is InChI=1S/C24H30N2O4/c1-23(2,3)25-17-13-24(4,5)14-19(28)20(17)18(27)11-8-12-26-21(29)15-9-6-7-10-16(15)22(26)30/h6-7,9-10,27H,8,11-14H2,1-5H3. The monoisotopic (exact) mass is 410 g/mol. The number of hydrogen-bond acceptors (Lipinski definition) is 5. The van der Waals surface area contributed by atoms with Crippen LogP contribution in [0.1, 0.15) is 81.0 Å². The Morgan fingerprint density at radius 3 is 2.17 bits per heavy atom. The molecule has 6 heteroatoms. The Morgan fingerprint density at radius 1 is 1.07 bits per heavy atom. The van der Waals surface area contributed by atoms with E-state index in [1.54, 1.807) is 24.3 Å². The minimum atomic E-state index is -0.366. The fraction of sp³-hybridized carbons (Fsp3) is 0.500. The van der Waals surface area contributed by atoms with Crippen LogP contribution in [0.15, 0.2) is 40.6 Å². The molecule has 1 aromatic carbocycles. The van der Waals surface area contributed by atoms with Crippen molar-refractivity contribution in [1.29, 1.82) is 0 Å². The first kappa shape index (κ1) is 21.9. The number of rotatable bonds is 4. The number of nitrogens with zero attached hydrogens (tertiary/aromatic N) is 2. The Labute approximate surface area is 177 Å². The van der Waals surface area contributed by atoms with Crippen molar-refractivity contribution in [1.82, 2.24) is 4.90 Å². The van der Waals surface area contributed by atoms with Crippen molar-refractivity contribution >= 4 is 23.3 Å². The van der Waals surface area contributed by atoms with Crippen molar-refractivity contribution in [3.05, 3.63) is 46.7 Å². The van der Waals surface area contributed by atoms with E-state index in [1.807, 2.05) is 34.6 Å². The molecule has 2 amide bonds. The van der Waals surface area contributed by atoms with E-state index in [0.717, 1.165) is 0 Å². The molecule has 1 aliphatic carbocycles. The number of Topliss-reactive ketones (excluding diaryl/α,β-unsaturated/α-hetero) is 1. The highest BCUT2D eigenvalue weighted by molar-refractivity contribution is 6.25. The van der Waals surface area contributed by atoms with Crippen LogP contribution in [-0.4, -0.2) is 45.4 Å². The summed E-state index contributed by atoms with van der Waals surface area (Å²) in [5, 5.41) is 10.8. The number of imide groups is 1. The number of fused-ring (bicyclic) bond motifs is 1. The molecule has 0 spiro atoms. The van der Waals surface area contributed by atoms with Crippen molar-refractivity contribution in [3.8, 4) is 0 Å². The molecule has 0 atom stereocenters. The zero-order valence-corrected chi connectivity index (χ0v) is 18.4. The lowest BCUT2D eigenvalue weighted by Crippen LogP contribution is -2.34. The number of carbonyl (C=O) groups is 3. The average molecular weight is 411 g/mol. The number of ketones is 1. The third-order valence-corrected chi connectivity index (χ3v) is 5.28. The average Bonchev–Trinajstić information content (AvgIpc) is 2.84. The number of carbonyl (C=O) groups excluding carboxylic acids is 3. The normalized spacial score (nSPS) is 22.0. The van der Waals surface area contributed by atoms with Crippen LogP contribution >= 0.6 is 0 Å². The number of amides is 2. The van der Waals surface area contributed by atoms with Crippen LogP contribution < -0.4 is 0 Å². The van der Waals surface area contributed by atoms with Gasteiger partial charge in [0.05, 0.1) is 28.0 Å². The molecule has 2 aliphatic rings. The van der Waals surface area contributed by atoms with Gasteiger partial charge in [0.2, 0.25) is 0 Å². The van der Waals surface area contributed by atoms with Gasteiger partial charge in [-0.2, -0.15) is 0 Å². The summed E-state index contributed by atoms with van der Waals surface area (Å²) in [6, 6.07) is 6.76. The van der Waals surface area contributed by atoms with Gasteiger partial charge in [-0.05, 0) is 51.2 Å². The van der Waals surface area contributed by atoms with E-state index in [-0.39, 0.29) is 47.3 Å². The molecular formula is C24H30N2O4. The maximum Gasteiger partial charge on any atom is 0.261 e. The van der Waals surface area contributed by atoms with E-state index < -0.39 is 0 Å². The van der Waals surface area contributed by atoms with Gasteiger partial charge in [0.15, 0.2) is 5.78 Å². The second-order valence-corrected chi connectivity index (χ2v) is 9.90. The Morgan fingerprint density at radius 2 is 1.63 bits per heavy atom. The number of hydrogen-bond donors (Lipinski definition) is 1. The predicted octanol–water partition coefficient (Wildman–Crippen LogP) is 4.50. The fourth-order valence-electron chi connectivity index (χ4n) is 4.09. The summed E-state index contributed by atoms with van der Waals surface area (Å²) in [6.07, 6.45) is 1.56. The topological polar surface area (TPSA) is 87.0 Å². The number of allylic oxidation sites excluding steroid dienone is 2. The molecule has 0 radical (unpaired) electrons. The molecule has 1 N–H and O–H groups in total. The first-order valence-electron chi connectivity index (χ1n) is 10.4. The van der Waals surface area contributed by atoms with Gasteiger partial charge in [-0.15, -0.1) is 0 Å². The van der Waals surface area contributed by atoms with Crippen molar-refractivity contribution < 1.29 is 19.5 Å². The lowest BCUT2D eigenvalue weighted by molar-refractivity contribution is -0.117. The first-order chi connectivity index (χ1) is 13.9. The van der Waals surface area contributed by atoms with Gasteiger partial charge < -0.3 is 5.11 Å². The second kappa shape index (κ2) is 7.82. The van der Waals surface area contributed by atoms with Crippen LogP contribution in [0.4, 0.5) is 0 Å². The van der Waals surface area contributed by atoms with Gasteiger partial charge in [0.25, 0.3) is 11.8 Å². The van der Waals surface area contributed by atoms with Gasteiger partial charge in [0.1, 0.15) is 5.76 Å². The number of aliphatic hydroxyl groups is 1. The molecule has 30 heavy (non-hydrogen) atoms. The van der Waals surface area contributed by atoms with Gasteiger partial charge in [-0.25, -0.2) is 0 Å². The molecule has 6 nitrogen and oxygen atoms in total. The summed E-state index contributed by atoms with van der Waals surface area (Å²) in [5.74, 6) is -0.732. The van der Waals surface area contributed by atoms with Crippen molar-refractivity contribution in [2.24, 2.45) is 10.4 Å². The molecule has 1 saturated carbocycles. The Hall–Kier alpha value is -2.76. The molecular weight excluding hydrogens is 380 g/mol. The van der Waals surface area contributed by atoms with Crippen LogP contribution in [-0.2, 0) is 4.79 Å². The third kappa shape index (κ3) is 4.53. The molecule has 3 rings (SSSR count). The van der Waals surface area contributed by atoms with E-state index in [2.05, 4.69) is 0 Å². The lowest BCUT2D eigenvalue weighted by Gasteiger charge is -2.33. The molecule has 0 aromatic heterocycles. The number of benzene rings is 1. The lowest BCUT2D eigenvalue weighted by atomic mass is 9.73. The van der Waals surface area contributed by atoms with Crippen molar-refractivity contribution in [2.45, 2.75) is 65.8 Å². The highest BCUT2D eigenvalue weighted by Crippen LogP contribution is 2.36. The number of aliphatic imine (C=N–C) groups is 1. The maximum absolute atomic E-state index is 12.8. The second-order valence-electron chi connectivity index (χ2n) is 9.90. The number of aliphatic hydroxyl groups excluding tert-OH is 1. The van der Waals surface area contributed by atoms with Gasteiger partial charge in [0, 0.05) is 19.4 Å². The summed E-state index contributed by atoms with van der Waals surface area (Å²) < 4.78 is 0. The predicted molar refractivity (Wildman–Crippen MR) is 116 cm³/mol.